The average Bonchev–Trinajstić information content (AvgIpc) is 2.13. The average molecular weight is 186 g/mol. The topological polar surface area (TPSA) is 20.2 Å². The maximum absolute atomic E-state index is 13.2. The number of rotatable bonds is 2. The molecule has 0 spiro atoms. The minimum absolute atomic E-state index is 0.0323. The van der Waals surface area contributed by atoms with Crippen LogP contribution >= 0.6 is 0 Å². The highest BCUT2D eigenvalue weighted by molar-refractivity contribution is 5.31. The molecule has 1 atom stereocenters. The zero-order valence-corrected chi connectivity index (χ0v) is 7.64. The molecule has 1 N–H and O–H groups in total. The van der Waals surface area contributed by atoms with Crippen molar-refractivity contribution >= 4 is 0 Å². The molecule has 1 aromatic carbocycles. The number of phenols is 1. The molecular weight excluding hydrogens is 174 g/mol. The molecule has 0 fully saturated rings. The summed E-state index contributed by atoms with van der Waals surface area (Å²) in [6, 6.07) is 2.60. The van der Waals surface area contributed by atoms with E-state index in [1.165, 1.54) is 12.1 Å². The van der Waals surface area contributed by atoms with Crippen LogP contribution in [0.25, 0.3) is 0 Å². The first-order chi connectivity index (χ1) is 6.07. The van der Waals surface area contributed by atoms with Gasteiger partial charge in [-0.3, -0.25) is 0 Å². The van der Waals surface area contributed by atoms with E-state index >= 15 is 0 Å². The van der Waals surface area contributed by atoms with Crippen LogP contribution in [0.5, 0.6) is 5.75 Å². The summed E-state index contributed by atoms with van der Waals surface area (Å²) >= 11 is 0. The Morgan fingerprint density at radius 1 is 1.31 bits per heavy atom. The predicted octanol–water partition coefficient (Wildman–Crippen LogP) is 3.18. The molecule has 0 saturated heterocycles. The Morgan fingerprint density at radius 3 is 2.46 bits per heavy atom. The van der Waals surface area contributed by atoms with Gasteiger partial charge in [-0.15, -0.1) is 0 Å². The van der Waals surface area contributed by atoms with Gasteiger partial charge >= 0.3 is 0 Å². The fraction of sp³-hybridized carbons (Fsp3) is 0.400. The van der Waals surface area contributed by atoms with E-state index in [1.807, 2.05) is 13.8 Å². The van der Waals surface area contributed by atoms with Crippen LogP contribution in [0.4, 0.5) is 8.78 Å². The van der Waals surface area contributed by atoms with Gasteiger partial charge in [-0.2, -0.15) is 4.39 Å². The lowest BCUT2D eigenvalue weighted by molar-refractivity contribution is 0.401. The van der Waals surface area contributed by atoms with Crippen LogP contribution in [0.1, 0.15) is 31.7 Å². The molecule has 1 rings (SSSR count). The summed E-state index contributed by atoms with van der Waals surface area (Å²) in [7, 11) is 0. The molecule has 0 aliphatic rings. The molecule has 0 saturated carbocycles. The Balaban J connectivity index is 3.18. The molecule has 0 heterocycles. The molecule has 0 aliphatic carbocycles. The fourth-order valence-corrected chi connectivity index (χ4v) is 1.15. The van der Waals surface area contributed by atoms with Gasteiger partial charge in [-0.05, 0) is 24.0 Å². The van der Waals surface area contributed by atoms with Crippen molar-refractivity contribution in [2.24, 2.45) is 0 Å². The number of aromatic hydroxyl groups is 1. The molecule has 0 radical (unpaired) electrons. The third-order valence-electron chi connectivity index (χ3n) is 2.24. The Bertz CT molecular complexity index is 310. The highest BCUT2D eigenvalue weighted by atomic mass is 19.2. The van der Waals surface area contributed by atoms with Gasteiger partial charge in [-0.1, -0.05) is 19.9 Å². The van der Waals surface area contributed by atoms with E-state index in [0.29, 0.717) is 5.56 Å². The summed E-state index contributed by atoms with van der Waals surface area (Å²) < 4.78 is 26.0. The second-order valence-corrected chi connectivity index (χ2v) is 3.11. The third kappa shape index (κ3) is 1.79. The van der Waals surface area contributed by atoms with Crippen LogP contribution in [-0.4, -0.2) is 5.11 Å². The number of phenolic OH excluding ortho intramolecular Hbond substituents is 1. The molecule has 72 valence electrons. The second kappa shape index (κ2) is 3.73. The van der Waals surface area contributed by atoms with E-state index in [4.69, 9.17) is 5.11 Å². The maximum atomic E-state index is 13.2. The van der Waals surface area contributed by atoms with Crippen LogP contribution in [0, 0.1) is 11.6 Å². The molecule has 1 nitrogen and oxygen atoms in total. The van der Waals surface area contributed by atoms with Crippen molar-refractivity contribution in [1.82, 2.24) is 0 Å². The molecule has 1 aromatic rings. The van der Waals surface area contributed by atoms with Gasteiger partial charge < -0.3 is 5.11 Å². The molecule has 0 aromatic heterocycles. The Kier molecular flexibility index (Phi) is 2.86. The monoisotopic (exact) mass is 186 g/mol. The molecule has 13 heavy (non-hydrogen) atoms. The number of hydrogen-bond acceptors (Lipinski definition) is 1. The van der Waals surface area contributed by atoms with E-state index < -0.39 is 17.4 Å². The van der Waals surface area contributed by atoms with E-state index in [2.05, 4.69) is 0 Å². The number of halogens is 2. The van der Waals surface area contributed by atoms with E-state index in [1.54, 1.807) is 0 Å². The van der Waals surface area contributed by atoms with Crippen LogP contribution in [0.3, 0.4) is 0 Å². The van der Waals surface area contributed by atoms with Crippen LogP contribution in [0.2, 0.25) is 0 Å². The van der Waals surface area contributed by atoms with E-state index in [0.717, 1.165) is 6.42 Å². The first-order valence-electron chi connectivity index (χ1n) is 4.24. The summed E-state index contributed by atoms with van der Waals surface area (Å²) in [6.07, 6.45) is 0.737. The van der Waals surface area contributed by atoms with Crippen LogP contribution in [-0.2, 0) is 0 Å². The van der Waals surface area contributed by atoms with Gasteiger partial charge in [0.15, 0.2) is 11.6 Å². The normalized spacial score (nSPS) is 12.9. The number of benzene rings is 1. The van der Waals surface area contributed by atoms with Gasteiger partial charge in [0.2, 0.25) is 5.82 Å². The molecule has 1 unspecified atom stereocenters. The Hall–Kier alpha value is -1.12. The molecular formula is C10H12F2O. The maximum Gasteiger partial charge on any atom is 0.200 e. The zero-order valence-electron chi connectivity index (χ0n) is 7.64. The van der Waals surface area contributed by atoms with Crippen molar-refractivity contribution in [1.29, 1.82) is 0 Å². The first-order valence-corrected chi connectivity index (χ1v) is 4.24. The summed E-state index contributed by atoms with van der Waals surface area (Å²) in [6.45, 7) is 3.71. The lowest BCUT2D eigenvalue weighted by atomic mass is 9.98. The van der Waals surface area contributed by atoms with Crippen molar-refractivity contribution < 1.29 is 13.9 Å². The van der Waals surface area contributed by atoms with Gasteiger partial charge in [-0.25, -0.2) is 4.39 Å². The van der Waals surface area contributed by atoms with Crippen LogP contribution < -0.4 is 0 Å². The molecule has 0 aliphatic heterocycles. The molecule has 3 heteroatoms. The van der Waals surface area contributed by atoms with Gasteiger partial charge in [0.25, 0.3) is 0 Å². The Morgan fingerprint density at radius 2 is 1.92 bits per heavy atom. The van der Waals surface area contributed by atoms with Crippen molar-refractivity contribution in [3.05, 3.63) is 29.3 Å². The summed E-state index contributed by atoms with van der Waals surface area (Å²) in [5.41, 5.74) is 0.317. The number of hydrogen-bond donors (Lipinski definition) is 1. The minimum atomic E-state index is -1.15. The SMILES string of the molecule is CCC(C)c1ccc(O)c(F)c1F. The summed E-state index contributed by atoms with van der Waals surface area (Å²) in [4.78, 5) is 0. The largest absolute Gasteiger partial charge is 0.505 e. The third-order valence-corrected chi connectivity index (χ3v) is 2.24. The van der Waals surface area contributed by atoms with Crippen molar-refractivity contribution in [2.75, 3.05) is 0 Å². The molecule has 0 bridgehead atoms. The zero-order chi connectivity index (χ0) is 10.0. The first kappa shape index (κ1) is 9.96. The lowest BCUT2D eigenvalue weighted by Gasteiger charge is -2.10. The van der Waals surface area contributed by atoms with Gasteiger partial charge in [0, 0.05) is 0 Å². The highest BCUT2D eigenvalue weighted by Crippen LogP contribution is 2.27. The quantitative estimate of drug-likeness (QED) is 0.752. The Labute approximate surface area is 76.0 Å². The predicted molar refractivity (Wildman–Crippen MR) is 46.7 cm³/mol. The van der Waals surface area contributed by atoms with Crippen LogP contribution in [0.15, 0.2) is 12.1 Å². The van der Waals surface area contributed by atoms with E-state index in [-0.39, 0.29) is 5.92 Å². The van der Waals surface area contributed by atoms with Crippen molar-refractivity contribution in [3.8, 4) is 5.75 Å². The second-order valence-electron chi connectivity index (χ2n) is 3.11. The summed E-state index contributed by atoms with van der Waals surface area (Å²) in [5.74, 6) is -2.76. The van der Waals surface area contributed by atoms with E-state index in [9.17, 15) is 8.78 Å². The minimum Gasteiger partial charge on any atom is -0.505 e. The standard InChI is InChI=1S/C10H12F2O/c1-3-6(2)7-4-5-8(13)10(12)9(7)11/h4-6,13H,3H2,1-2H3. The van der Waals surface area contributed by atoms with Crippen molar-refractivity contribution in [3.63, 3.8) is 0 Å². The summed E-state index contributed by atoms with van der Waals surface area (Å²) in [5, 5.41) is 8.86. The lowest BCUT2D eigenvalue weighted by Crippen LogP contribution is -1.98. The fourth-order valence-electron chi connectivity index (χ4n) is 1.15. The van der Waals surface area contributed by atoms with Crippen molar-refractivity contribution in [2.45, 2.75) is 26.2 Å². The highest BCUT2D eigenvalue weighted by Gasteiger charge is 2.15. The van der Waals surface area contributed by atoms with Gasteiger partial charge in [0.1, 0.15) is 0 Å². The van der Waals surface area contributed by atoms with Gasteiger partial charge in [0.05, 0.1) is 0 Å². The smallest absolute Gasteiger partial charge is 0.200 e. The molecule has 0 amide bonds.